The molecule has 5 heteroatoms. The van der Waals surface area contributed by atoms with Gasteiger partial charge < -0.3 is 15.4 Å². The van der Waals surface area contributed by atoms with Crippen LogP contribution in [0.5, 0.6) is 5.75 Å². The fourth-order valence-corrected chi connectivity index (χ4v) is 2.72. The minimum atomic E-state index is -0.289. The summed E-state index contributed by atoms with van der Waals surface area (Å²) in [5, 5.41) is 6.19. The lowest BCUT2D eigenvalue weighted by Crippen LogP contribution is -2.14. The van der Waals surface area contributed by atoms with Crippen molar-refractivity contribution in [3.8, 4) is 5.75 Å². The number of methoxy groups -OCH3 is 1. The Morgan fingerprint density at radius 2 is 1.70 bits per heavy atom. The van der Waals surface area contributed by atoms with E-state index in [2.05, 4.69) is 41.6 Å². The molecule has 2 aromatic carbocycles. The SMILES string of the molecule is COc1ccc(C)cc1NC(=O)c1cc(Nc2ccc(C)c(C)c2)ccn1. The number of amides is 1. The molecule has 138 valence electrons. The Labute approximate surface area is 159 Å². The van der Waals surface area contributed by atoms with Crippen molar-refractivity contribution in [2.45, 2.75) is 20.8 Å². The highest BCUT2D eigenvalue weighted by Crippen LogP contribution is 2.26. The Bertz CT molecular complexity index is 983. The summed E-state index contributed by atoms with van der Waals surface area (Å²) in [6.45, 7) is 6.11. The molecule has 0 saturated carbocycles. The van der Waals surface area contributed by atoms with Gasteiger partial charge in [0.1, 0.15) is 11.4 Å². The Hall–Kier alpha value is -3.34. The summed E-state index contributed by atoms with van der Waals surface area (Å²) in [5.74, 6) is 0.320. The molecule has 1 amide bonds. The van der Waals surface area contributed by atoms with Gasteiger partial charge in [0.25, 0.3) is 5.91 Å². The van der Waals surface area contributed by atoms with Gasteiger partial charge in [0.2, 0.25) is 0 Å². The molecule has 1 aromatic heterocycles. The smallest absolute Gasteiger partial charge is 0.274 e. The highest BCUT2D eigenvalue weighted by atomic mass is 16.5. The quantitative estimate of drug-likeness (QED) is 0.670. The van der Waals surface area contributed by atoms with E-state index in [-0.39, 0.29) is 5.91 Å². The second kappa shape index (κ2) is 7.91. The predicted molar refractivity (Wildman–Crippen MR) is 109 cm³/mol. The molecule has 27 heavy (non-hydrogen) atoms. The van der Waals surface area contributed by atoms with E-state index in [1.165, 1.54) is 11.1 Å². The van der Waals surface area contributed by atoms with Crippen molar-refractivity contribution in [3.63, 3.8) is 0 Å². The van der Waals surface area contributed by atoms with Crippen LogP contribution in [0.25, 0.3) is 0 Å². The topological polar surface area (TPSA) is 63.2 Å². The van der Waals surface area contributed by atoms with Gasteiger partial charge in [-0.15, -0.1) is 0 Å². The maximum absolute atomic E-state index is 12.6. The number of rotatable bonds is 5. The molecular weight excluding hydrogens is 338 g/mol. The van der Waals surface area contributed by atoms with Gasteiger partial charge in [0.15, 0.2) is 0 Å². The summed E-state index contributed by atoms with van der Waals surface area (Å²) < 4.78 is 5.31. The number of carbonyl (C=O) groups is 1. The number of benzene rings is 2. The Balaban J connectivity index is 1.79. The molecule has 0 aliphatic carbocycles. The molecule has 0 aliphatic heterocycles. The second-order valence-electron chi connectivity index (χ2n) is 6.51. The van der Waals surface area contributed by atoms with Crippen LogP contribution < -0.4 is 15.4 Å². The molecule has 0 radical (unpaired) electrons. The first-order chi connectivity index (χ1) is 13.0. The van der Waals surface area contributed by atoms with E-state index >= 15 is 0 Å². The number of anilines is 3. The molecule has 2 N–H and O–H groups in total. The van der Waals surface area contributed by atoms with Crippen LogP contribution >= 0.6 is 0 Å². The number of hydrogen-bond acceptors (Lipinski definition) is 4. The average molecular weight is 361 g/mol. The first-order valence-electron chi connectivity index (χ1n) is 8.72. The fourth-order valence-electron chi connectivity index (χ4n) is 2.72. The zero-order chi connectivity index (χ0) is 19.4. The number of aryl methyl sites for hydroxylation is 3. The monoisotopic (exact) mass is 361 g/mol. The van der Waals surface area contributed by atoms with E-state index in [9.17, 15) is 4.79 Å². The zero-order valence-corrected chi connectivity index (χ0v) is 16.0. The van der Waals surface area contributed by atoms with E-state index in [1.54, 1.807) is 19.4 Å². The Morgan fingerprint density at radius 3 is 2.44 bits per heavy atom. The van der Waals surface area contributed by atoms with Crippen molar-refractivity contribution in [3.05, 3.63) is 77.1 Å². The van der Waals surface area contributed by atoms with Gasteiger partial charge in [0, 0.05) is 17.6 Å². The molecule has 3 rings (SSSR count). The third kappa shape index (κ3) is 4.44. The van der Waals surface area contributed by atoms with Gasteiger partial charge in [0.05, 0.1) is 12.8 Å². The number of pyridine rings is 1. The largest absolute Gasteiger partial charge is 0.495 e. The summed E-state index contributed by atoms with van der Waals surface area (Å²) in [7, 11) is 1.58. The normalized spacial score (nSPS) is 10.4. The summed E-state index contributed by atoms with van der Waals surface area (Å²) in [6, 6.07) is 15.3. The summed E-state index contributed by atoms with van der Waals surface area (Å²) >= 11 is 0. The van der Waals surface area contributed by atoms with Crippen molar-refractivity contribution in [1.82, 2.24) is 4.98 Å². The van der Waals surface area contributed by atoms with Crippen molar-refractivity contribution < 1.29 is 9.53 Å². The van der Waals surface area contributed by atoms with Crippen LogP contribution in [0.15, 0.2) is 54.7 Å². The second-order valence-corrected chi connectivity index (χ2v) is 6.51. The first-order valence-corrected chi connectivity index (χ1v) is 8.72. The highest BCUT2D eigenvalue weighted by molar-refractivity contribution is 6.04. The van der Waals surface area contributed by atoms with Gasteiger partial charge in [-0.25, -0.2) is 0 Å². The molecule has 0 saturated heterocycles. The molecule has 0 fully saturated rings. The van der Waals surface area contributed by atoms with Gasteiger partial charge in [-0.05, 0) is 73.9 Å². The number of nitrogens with one attached hydrogen (secondary N) is 2. The Morgan fingerprint density at radius 1 is 0.926 bits per heavy atom. The van der Waals surface area contributed by atoms with Crippen LogP contribution in [0.4, 0.5) is 17.1 Å². The minimum absolute atomic E-state index is 0.289. The molecule has 5 nitrogen and oxygen atoms in total. The fraction of sp³-hybridized carbons (Fsp3) is 0.182. The molecular formula is C22H23N3O2. The predicted octanol–water partition coefficient (Wildman–Crippen LogP) is 5.01. The molecule has 0 aliphatic rings. The van der Waals surface area contributed by atoms with Crippen molar-refractivity contribution in [1.29, 1.82) is 0 Å². The van der Waals surface area contributed by atoms with Crippen LogP contribution in [-0.4, -0.2) is 18.0 Å². The molecule has 3 aromatic rings. The Kier molecular flexibility index (Phi) is 5.41. The van der Waals surface area contributed by atoms with Gasteiger partial charge in [-0.1, -0.05) is 12.1 Å². The maximum Gasteiger partial charge on any atom is 0.274 e. The van der Waals surface area contributed by atoms with Crippen LogP contribution in [0.2, 0.25) is 0 Å². The van der Waals surface area contributed by atoms with E-state index in [1.807, 2.05) is 37.3 Å². The molecule has 1 heterocycles. The lowest BCUT2D eigenvalue weighted by molar-refractivity contribution is 0.102. The number of nitrogens with zero attached hydrogens (tertiary/aromatic N) is 1. The molecule has 0 unspecified atom stereocenters. The standard InChI is InChI=1S/C22H23N3O2/c1-14-5-8-21(27-4)19(11-14)25-22(26)20-13-18(9-10-23-20)24-17-7-6-15(2)16(3)12-17/h5-13H,1-4H3,(H,23,24)(H,25,26). The van der Waals surface area contributed by atoms with Gasteiger partial charge in [-0.3, -0.25) is 9.78 Å². The summed E-state index contributed by atoms with van der Waals surface area (Å²) in [5.41, 5.74) is 6.19. The van der Waals surface area contributed by atoms with Crippen LogP contribution in [0, 0.1) is 20.8 Å². The maximum atomic E-state index is 12.6. The third-order valence-electron chi connectivity index (χ3n) is 4.39. The summed E-state index contributed by atoms with van der Waals surface area (Å²) in [6.07, 6.45) is 1.62. The van der Waals surface area contributed by atoms with E-state index in [4.69, 9.17) is 4.74 Å². The number of aromatic nitrogens is 1. The van der Waals surface area contributed by atoms with Crippen LogP contribution in [0.1, 0.15) is 27.2 Å². The summed E-state index contributed by atoms with van der Waals surface area (Å²) in [4.78, 5) is 16.8. The van der Waals surface area contributed by atoms with E-state index in [0.717, 1.165) is 16.9 Å². The average Bonchev–Trinajstić information content (AvgIpc) is 2.65. The zero-order valence-electron chi connectivity index (χ0n) is 16.0. The van der Waals surface area contributed by atoms with E-state index in [0.29, 0.717) is 17.1 Å². The van der Waals surface area contributed by atoms with E-state index < -0.39 is 0 Å². The van der Waals surface area contributed by atoms with Crippen LogP contribution in [0.3, 0.4) is 0 Å². The highest BCUT2D eigenvalue weighted by Gasteiger charge is 2.12. The molecule has 0 spiro atoms. The van der Waals surface area contributed by atoms with Crippen molar-refractivity contribution >= 4 is 23.0 Å². The van der Waals surface area contributed by atoms with Crippen molar-refractivity contribution in [2.75, 3.05) is 17.7 Å². The molecule has 0 bridgehead atoms. The van der Waals surface area contributed by atoms with Crippen LogP contribution in [-0.2, 0) is 0 Å². The lowest BCUT2D eigenvalue weighted by Gasteiger charge is -2.12. The van der Waals surface area contributed by atoms with Gasteiger partial charge >= 0.3 is 0 Å². The number of hydrogen-bond donors (Lipinski definition) is 2. The lowest BCUT2D eigenvalue weighted by atomic mass is 10.1. The third-order valence-corrected chi connectivity index (χ3v) is 4.39. The number of ether oxygens (including phenoxy) is 1. The van der Waals surface area contributed by atoms with Crippen molar-refractivity contribution in [2.24, 2.45) is 0 Å². The number of carbonyl (C=O) groups excluding carboxylic acids is 1. The minimum Gasteiger partial charge on any atom is -0.495 e. The van der Waals surface area contributed by atoms with Gasteiger partial charge in [-0.2, -0.15) is 0 Å². The molecule has 0 atom stereocenters. The first kappa shape index (κ1) is 18.5.